The van der Waals surface area contributed by atoms with Crippen molar-refractivity contribution in [2.45, 2.75) is 59.6 Å². The molecule has 0 radical (unpaired) electrons. The first-order valence-electron chi connectivity index (χ1n) is 10.4. The molecule has 1 fully saturated rings. The molecule has 0 aliphatic carbocycles. The minimum atomic E-state index is -0.249. The number of nitrogens with zero attached hydrogens (tertiary/aromatic N) is 3. The van der Waals surface area contributed by atoms with E-state index >= 15 is 0 Å². The van der Waals surface area contributed by atoms with Gasteiger partial charge in [0.25, 0.3) is 5.91 Å². The molecule has 1 N–H and O–H groups in total. The van der Waals surface area contributed by atoms with Crippen molar-refractivity contribution < 1.29 is 23.5 Å². The summed E-state index contributed by atoms with van der Waals surface area (Å²) in [5, 5.41) is 14.7. The predicted octanol–water partition coefficient (Wildman–Crippen LogP) is 2.87. The minimum Gasteiger partial charge on any atom is -0.472 e. The van der Waals surface area contributed by atoms with E-state index in [0.29, 0.717) is 12.5 Å². The van der Waals surface area contributed by atoms with Gasteiger partial charge in [-0.05, 0) is 39.7 Å². The molecule has 9 heteroatoms. The molecule has 0 spiro atoms. The Hall–Kier alpha value is -2.52. The largest absolute Gasteiger partial charge is 0.472 e. The molecule has 1 aliphatic rings. The van der Waals surface area contributed by atoms with Crippen LogP contribution in [0.4, 0.5) is 0 Å². The van der Waals surface area contributed by atoms with Gasteiger partial charge >= 0.3 is 0 Å². The molecule has 1 aliphatic heterocycles. The number of aryl methyl sites for hydroxylation is 2. The Morgan fingerprint density at radius 2 is 1.87 bits per heavy atom. The Morgan fingerprint density at radius 3 is 2.40 bits per heavy atom. The number of aromatic nitrogens is 3. The maximum atomic E-state index is 11.8. The zero-order valence-corrected chi connectivity index (χ0v) is 18.3. The van der Waals surface area contributed by atoms with Crippen LogP contribution in [0.3, 0.4) is 0 Å². The Bertz CT molecular complexity index is 746. The van der Waals surface area contributed by atoms with Crippen LogP contribution in [0, 0.1) is 6.92 Å². The van der Waals surface area contributed by atoms with Crippen LogP contribution in [0.5, 0.6) is 5.88 Å². The number of carbonyl (C=O) groups is 1. The van der Waals surface area contributed by atoms with E-state index in [2.05, 4.69) is 27.6 Å². The monoisotopic (exact) mass is 420 g/mol. The summed E-state index contributed by atoms with van der Waals surface area (Å²) < 4.78 is 20.8. The average molecular weight is 421 g/mol. The smallest absolute Gasteiger partial charge is 0.272 e. The van der Waals surface area contributed by atoms with Crippen LogP contribution >= 0.6 is 0 Å². The van der Waals surface area contributed by atoms with Gasteiger partial charge in [0.2, 0.25) is 5.88 Å². The molecular weight excluding hydrogens is 388 g/mol. The Labute approximate surface area is 177 Å². The summed E-state index contributed by atoms with van der Waals surface area (Å²) in [6.07, 6.45) is 3.02. The predicted molar refractivity (Wildman–Crippen MR) is 110 cm³/mol. The van der Waals surface area contributed by atoms with Crippen molar-refractivity contribution in [2.75, 3.05) is 26.4 Å². The summed E-state index contributed by atoms with van der Waals surface area (Å²) >= 11 is 0. The van der Waals surface area contributed by atoms with Gasteiger partial charge in [0, 0.05) is 12.1 Å². The number of rotatable bonds is 8. The highest BCUT2D eigenvalue weighted by atomic mass is 16.6. The van der Waals surface area contributed by atoms with E-state index in [-0.39, 0.29) is 17.6 Å². The van der Waals surface area contributed by atoms with Crippen molar-refractivity contribution in [2.24, 2.45) is 0 Å². The SMILES string of the molecule is C1COCCO1.CCCCc1noc(C)c1COc1ccc(C(=O)NC(C)C)nn1. The van der Waals surface area contributed by atoms with E-state index in [1.807, 2.05) is 20.8 Å². The Balaban J connectivity index is 0.000000456. The first-order valence-corrected chi connectivity index (χ1v) is 10.4. The van der Waals surface area contributed by atoms with Gasteiger partial charge in [-0.3, -0.25) is 4.79 Å². The molecule has 1 saturated heterocycles. The van der Waals surface area contributed by atoms with Gasteiger partial charge in [-0.25, -0.2) is 0 Å². The van der Waals surface area contributed by atoms with Crippen LogP contribution in [0.25, 0.3) is 0 Å². The third-order valence-corrected chi connectivity index (χ3v) is 4.23. The summed E-state index contributed by atoms with van der Waals surface area (Å²) in [4.78, 5) is 11.8. The molecule has 9 nitrogen and oxygen atoms in total. The molecule has 0 bridgehead atoms. The van der Waals surface area contributed by atoms with Crippen molar-refractivity contribution in [1.29, 1.82) is 0 Å². The number of hydrogen-bond acceptors (Lipinski definition) is 8. The molecule has 166 valence electrons. The fourth-order valence-electron chi connectivity index (χ4n) is 2.60. The van der Waals surface area contributed by atoms with E-state index in [0.717, 1.165) is 62.7 Å². The van der Waals surface area contributed by atoms with Gasteiger partial charge in [0.1, 0.15) is 12.4 Å². The average Bonchev–Trinajstić information content (AvgIpc) is 3.11. The lowest BCUT2D eigenvalue weighted by Crippen LogP contribution is -2.30. The zero-order valence-electron chi connectivity index (χ0n) is 18.3. The lowest BCUT2D eigenvalue weighted by molar-refractivity contribution is -0.0334. The third kappa shape index (κ3) is 8.08. The van der Waals surface area contributed by atoms with Gasteiger partial charge in [0.05, 0.1) is 37.7 Å². The lowest BCUT2D eigenvalue weighted by Gasteiger charge is -2.09. The first-order chi connectivity index (χ1) is 14.5. The molecule has 3 heterocycles. The Kier molecular flexibility index (Phi) is 10.2. The molecule has 2 aromatic rings. The topological polar surface area (TPSA) is 109 Å². The lowest BCUT2D eigenvalue weighted by atomic mass is 10.1. The number of ether oxygens (including phenoxy) is 3. The highest BCUT2D eigenvalue weighted by Gasteiger charge is 2.14. The number of unbranched alkanes of at least 4 members (excludes halogenated alkanes) is 1. The van der Waals surface area contributed by atoms with Gasteiger partial charge in [-0.15, -0.1) is 10.2 Å². The molecule has 2 aromatic heterocycles. The van der Waals surface area contributed by atoms with Crippen LogP contribution in [0.15, 0.2) is 16.7 Å². The van der Waals surface area contributed by atoms with Crippen molar-refractivity contribution >= 4 is 5.91 Å². The van der Waals surface area contributed by atoms with E-state index in [1.54, 1.807) is 12.1 Å². The first kappa shape index (κ1) is 23.8. The molecule has 30 heavy (non-hydrogen) atoms. The molecule has 1 amide bonds. The number of carbonyl (C=O) groups excluding carboxylic acids is 1. The molecule has 0 atom stereocenters. The van der Waals surface area contributed by atoms with Gasteiger partial charge in [-0.1, -0.05) is 18.5 Å². The van der Waals surface area contributed by atoms with E-state index in [4.69, 9.17) is 18.7 Å². The molecular formula is C21H32N4O5. The normalized spacial score (nSPS) is 13.5. The molecule has 3 rings (SSSR count). The molecule has 0 saturated carbocycles. The quantitative estimate of drug-likeness (QED) is 0.694. The zero-order chi connectivity index (χ0) is 21.8. The second-order valence-corrected chi connectivity index (χ2v) is 7.17. The highest BCUT2D eigenvalue weighted by molar-refractivity contribution is 5.92. The van der Waals surface area contributed by atoms with E-state index < -0.39 is 0 Å². The van der Waals surface area contributed by atoms with E-state index in [1.165, 1.54) is 0 Å². The number of amides is 1. The van der Waals surface area contributed by atoms with Gasteiger partial charge in [-0.2, -0.15) is 0 Å². The molecule has 0 unspecified atom stereocenters. The number of hydrogen-bond donors (Lipinski definition) is 1. The fourth-order valence-corrected chi connectivity index (χ4v) is 2.60. The summed E-state index contributed by atoms with van der Waals surface area (Å²) in [5.41, 5.74) is 2.14. The van der Waals surface area contributed by atoms with Crippen molar-refractivity contribution in [3.8, 4) is 5.88 Å². The van der Waals surface area contributed by atoms with Crippen LogP contribution < -0.4 is 10.1 Å². The minimum absolute atomic E-state index is 0.0494. The summed E-state index contributed by atoms with van der Waals surface area (Å²) in [7, 11) is 0. The summed E-state index contributed by atoms with van der Waals surface area (Å²) in [6, 6.07) is 3.28. The van der Waals surface area contributed by atoms with Crippen molar-refractivity contribution in [3.63, 3.8) is 0 Å². The maximum Gasteiger partial charge on any atom is 0.272 e. The van der Waals surface area contributed by atoms with Gasteiger partial charge in [0.15, 0.2) is 5.69 Å². The van der Waals surface area contributed by atoms with Crippen LogP contribution in [-0.2, 0) is 22.5 Å². The third-order valence-electron chi connectivity index (χ3n) is 4.23. The molecule has 0 aromatic carbocycles. The second-order valence-electron chi connectivity index (χ2n) is 7.17. The van der Waals surface area contributed by atoms with Crippen LogP contribution in [-0.4, -0.2) is 53.7 Å². The fraction of sp³-hybridized carbons (Fsp3) is 0.619. The second kappa shape index (κ2) is 12.9. The van der Waals surface area contributed by atoms with Crippen LogP contribution in [0.1, 0.15) is 61.1 Å². The Morgan fingerprint density at radius 1 is 1.17 bits per heavy atom. The number of nitrogens with one attached hydrogen (secondary N) is 1. The summed E-state index contributed by atoms with van der Waals surface area (Å²) in [5.74, 6) is 0.862. The van der Waals surface area contributed by atoms with Crippen molar-refractivity contribution in [1.82, 2.24) is 20.7 Å². The van der Waals surface area contributed by atoms with Gasteiger partial charge < -0.3 is 24.1 Å². The van der Waals surface area contributed by atoms with Crippen molar-refractivity contribution in [3.05, 3.63) is 34.8 Å². The van der Waals surface area contributed by atoms with Crippen LogP contribution in [0.2, 0.25) is 0 Å². The standard InChI is InChI=1S/C17H24N4O3.C4H8O2/c1-5-6-7-14-13(12(4)24-21-14)10-23-16-9-8-15(19-20-16)17(22)18-11(2)3;1-2-6-4-3-5-1/h8-9,11H,5-7,10H2,1-4H3,(H,18,22);1-4H2. The van der Waals surface area contributed by atoms with E-state index in [9.17, 15) is 4.79 Å². The highest BCUT2D eigenvalue weighted by Crippen LogP contribution is 2.18. The summed E-state index contributed by atoms with van der Waals surface area (Å²) in [6.45, 7) is 11.2. The maximum absolute atomic E-state index is 11.8.